The molecule has 1 aliphatic rings. The van der Waals surface area contributed by atoms with Crippen LogP contribution in [0.25, 0.3) is 0 Å². The molecule has 21 heavy (non-hydrogen) atoms. The van der Waals surface area contributed by atoms with E-state index in [0.717, 1.165) is 38.1 Å². The van der Waals surface area contributed by atoms with Gasteiger partial charge in [0.25, 0.3) is 0 Å². The molecule has 116 valence electrons. The minimum atomic E-state index is -0.917. The van der Waals surface area contributed by atoms with E-state index < -0.39 is 11.6 Å². The fourth-order valence-corrected chi connectivity index (χ4v) is 2.29. The third-order valence-corrected chi connectivity index (χ3v) is 3.45. The van der Waals surface area contributed by atoms with Gasteiger partial charge in [0.1, 0.15) is 12.4 Å². The molecule has 0 saturated carbocycles. The second kappa shape index (κ2) is 7.81. The molecule has 1 fully saturated rings. The van der Waals surface area contributed by atoms with Gasteiger partial charge in [0.05, 0.1) is 6.54 Å². The summed E-state index contributed by atoms with van der Waals surface area (Å²) in [6, 6.07) is 3.46. The van der Waals surface area contributed by atoms with Crippen molar-refractivity contribution >= 4 is 5.96 Å². The molecule has 1 saturated heterocycles. The molecule has 1 aromatic rings. The Morgan fingerprint density at radius 2 is 1.86 bits per heavy atom. The van der Waals surface area contributed by atoms with E-state index in [4.69, 9.17) is 10.5 Å². The van der Waals surface area contributed by atoms with E-state index >= 15 is 0 Å². The lowest BCUT2D eigenvalue weighted by molar-refractivity contribution is 0.324. The summed E-state index contributed by atoms with van der Waals surface area (Å²) in [4.78, 5) is 6.36. The van der Waals surface area contributed by atoms with Crippen molar-refractivity contribution in [3.8, 4) is 5.75 Å². The third-order valence-electron chi connectivity index (χ3n) is 3.45. The smallest absolute Gasteiger partial charge is 0.191 e. The first-order chi connectivity index (χ1) is 10.2. The lowest BCUT2D eigenvalue weighted by Gasteiger charge is -2.21. The average Bonchev–Trinajstić information content (AvgIpc) is 2.76. The number of halogens is 2. The van der Waals surface area contributed by atoms with Crippen LogP contribution >= 0.6 is 0 Å². The summed E-state index contributed by atoms with van der Waals surface area (Å²) in [6.45, 7) is 2.56. The molecule has 0 aliphatic carbocycles. The molecule has 2 rings (SSSR count). The number of aliphatic imine (C=N–C) groups is 1. The molecule has 0 spiro atoms. The van der Waals surface area contributed by atoms with Gasteiger partial charge in [-0.25, -0.2) is 13.8 Å². The zero-order valence-electron chi connectivity index (χ0n) is 12.0. The minimum Gasteiger partial charge on any atom is -0.492 e. The van der Waals surface area contributed by atoms with Crippen LogP contribution in [0, 0.1) is 11.6 Å². The van der Waals surface area contributed by atoms with Crippen LogP contribution in [0.3, 0.4) is 0 Å². The van der Waals surface area contributed by atoms with Crippen LogP contribution in [0.15, 0.2) is 23.2 Å². The van der Waals surface area contributed by atoms with Gasteiger partial charge in [-0.2, -0.15) is 0 Å². The van der Waals surface area contributed by atoms with Crippen LogP contribution in [0.4, 0.5) is 8.78 Å². The molecule has 0 radical (unpaired) electrons. The van der Waals surface area contributed by atoms with Crippen molar-refractivity contribution in [2.24, 2.45) is 10.7 Å². The topological polar surface area (TPSA) is 50.9 Å². The van der Waals surface area contributed by atoms with Gasteiger partial charge < -0.3 is 15.4 Å². The summed E-state index contributed by atoms with van der Waals surface area (Å²) < 4.78 is 31.1. The molecule has 0 atom stereocenters. The van der Waals surface area contributed by atoms with E-state index in [-0.39, 0.29) is 12.4 Å². The van der Waals surface area contributed by atoms with E-state index in [1.54, 1.807) is 0 Å². The Hall–Kier alpha value is -1.85. The molecule has 2 N–H and O–H groups in total. The summed E-state index contributed by atoms with van der Waals surface area (Å²) in [5, 5.41) is 0. The van der Waals surface area contributed by atoms with Gasteiger partial charge in [-0.15, -0.1) is 0 Å². The van der Waals surface area contributed by atoms with E-state index in [1.165, 1.54) is 18.9 Å². The Balaban J connectivity index is 1.77. The zero-order valence-corrected chi connectivity index (χ0v) is 12.0. The Kier molecular flexibility index (Phi) is 5.78. The van der Waals surface area contributed by atoms with Crippen LogP contribution < -0.4 is 10.5 Å². The Labute approximate surface area is 123 Å². The molecule has 0 bridgehead atoms. The van der Waals surface area contributed by atoms with Crippen LogP contribution in [0.2, 0.25) is 0 Å². The number of hydrogen-bond acceptors (Lipinski definition) is 2. The number of likely N-dealkylation sites (tertiary alicyclic amines) is 1. The van der Waals surface area contributed by atoms with Crippen molar-refractivity contribution < 1.29 is 13.5 Å². The van der Waals surface area contributed by atoms with Crippen LogP contribution in [-0.2, 0) is 0 Å². The van der Waals surface area contributed by atoms with Gasteiger partial charge in [0.2, 0.25) is 0 Å². The van der Waals surface area contributed by atoms with Gasteiger partial charge in [0.15, 0.2) is 17.6 Å². The highest BCUT2D eigenvalue weighted by molar-refractivity contribution is 5.78. The first kappa shape index (κ1) is 15.5. The number of hydrogen-bond donors (Lipinski definition) is 1. The maximum Gasteiger partial charge on any atom is 0.191 e. The molecular formula is C15H21F2N3O. The van der Waals surface area contributed by atoms with Crippen molar-refractivity contribution in [1.29, 1.82) is 0 Å². The molecule has 6 heteroatoms. The molecule has 0 amide bonds. The van der Waals surface area contributed by atoms with Crippen molar-refractivity contribution in [2.75, 3.05) is 26.2 Å². The molecule has 0 aromatic heterocycles. The predicted molar refractivity (Wildman–Crippen MR) is 78.4 cm³/mol. The molecule has 1 aromatic carbocycles. The van der Waals surface area contributed by atoms with Gasteiger partial charge >= 0.3 is 0 Å². The Morgan fingerprint density at radius 3 is 2.52 bits per heavy atom. The van der Waals surface area contributed by atoms with Crippen LogP contribution in [0.1, 0.15) is 25.7 Å². The highest BCUT2D eigenvalue weighted by atomic mass is 19.2. The zero-order chi connectivity index (χ0) is 15.1. The normalized spacial score (nSPS) is 16.7. The minimum absolute atomic E-state index is 0.277. The Morgan fingerprint density at radius 1 is 1.14 bits per heavy atom. The summed E-state index contributed by atoms with van der Waals surface area (Å²) in [5.41, 5.74) is 5.95. The number of rotatable bonds is 4. The molecule has 0 unspecified atom stereocenters. The maximum atomic E-state index is 13.0. The lowest BCUT2D eigenvalue weighted by atomic mass is 10.2. The number of ether oxygens (including phenoxy) is 1. The van der Waals surface area contributed by atoms with Crippen molar-refractivity contribution in [1.82, 2.24) is 4.90 Å². The largest absolute Gasteiger partial charge is 0.492 e. The molecule has 1 aliphatic heterocycles. The highest BCUT2D eigenvalue weighted by Gasteiger charge is 2.10. The fourth-order valence-electron chi connectivity index (χ4n) is 2.29. The van der Waals surface area contributed by atoms with Crippen molar-refractivity contribution in [3.63, 3.8) is 0 Å². The summed E-state index contributed by atoms with van der Waals surface area (Å²) >= 11 is 0. The Bertz CT molecular complexity index is 486. The third kappa shape index (κ3) is 4.88. The first-order valence-corrected chi connectivity index (χ1v) is 7.29. The summed E-state index contributed by atoms with van der Waals surface area (Å²) in [5.74, 6) is -0.978. The maximum absolute atomic E-state index is 13.0. The molecule has 1 heterocycles. The summed E-state index contributed by atoms with van der Waals surface area (Å²) in [6.07, 6.45) is 4.76. The fraction of sp³-hybridized carbons (Fsp3) is 0.533. The number of guanidine groups is 1. The molecular weight excluding hydrogens is 276 g/mol. The van der Waals surface area contributed by atoms with E-state index in [0.29, 0.717) is 12.5 Å². The van der Waals surface area contributed by atoms with E-state index in [1.807, 2.05) is 0 Å². The van der Waals surface area contributed by atoms with Gasteiger partial charge in [-0.05, 0) is 25.0 Å². The van der Waals surface area contributed by atoms with Gasteiger partial charge in [0, 0.05) is 19.2 Å². The second-order valence-corrected chi connectivity index (χ2v) is 5.07. The SMILES string of the molecule is NC(=NCCOc1ccc(F)c(F)c1)N1CCCCCC1. The van der Waals surface area contributed by atoms with E-state index in [9.17, 15) is 8.78 Å². The first-order valence-electron chi connectivity index (χ1n) is 7.29. The van der Waals surface area contributed by atoms with E-state index in [2.05, 4.69) is 9.89 Å². The standard InChI is InChI=1S/C15H21F2N3O/c16-13-6-5-12(11-14(13)17)21-10-7-19-15(18)20-8-3-1-2-4-9-20/h5-6,11H,1-4,7-10H2,(H2,18,19). The quantitative estimate of drug-likeness (QED) is 0.528. The van der Waals surface area contributed by atoms with Crippen molar-refractivity contribution in [2.45, 2.75) is 25.7 Å². The number of nitrogens with zero attached hydrogens (tertiary/aromatic N) is 2. The lowest BCUT2D eigenvalue weighted by Crippen LogP contribution is -2.38. The van der Waals surface area contributed by atoms with Crippen molar-refractivity contribution in [3.05, 3.63) is 29.8 Å². The highest BCUT2D eigenvalue weighted by Crippen LogP contribution is 2.15. The average molecular weight is 297 g/mol. The van der Waals surface area contributed by atoms with Gasteiger partial charge in [-0.1, -0.05) is 12.8 Å². The monoisotopic (exact) mass is 297 g/mol. The van der Waals surface area contributed by atoms with Crippen LogP contribution in [0.5, 0.6) is 5.75 Å². The number of nitrogens with two attached hydrogens (primary N) is 1. The van der Waals surface area contributed by atoms with Gasteiger partial charge in [-0.3, -0.25) is 0 Å². The predicted octanol–water partition coefficient (Wildman–Crippen LogP) is 2.53. The van der Waals surface area contributed by atoms with Crippen LogP contribution in [-0.4, -0.2) is 37.1 Å². The second-order valence-electron chi connectivity index (χ2n) is 5.07. The summed E-state index contributed by atoms with van der Waals surface area (Å²) in [7, 11) is 0. The molecule has 4 nitrogen and oxygen atoms in total. The number of benzene rings is 1.